The quantitative estimate of drug-likeness (QED) is 0.761. The molecule has 0 aliphatic heterocycles. The van der Waals surface area contributed by atoms with Crippen LogP contribution >= 0.6 is 0 Å². The van der Waals surface area contributed by atoms with Crippen LogP contribution in [-0.4, -0.2) is 5.71 Å². The maximum atomic E-state index is 8.45. The average Bonchev–Trinajstić information content (AvgIpc) is 2.98. The van der Waals surface area contributed by atoms with Gasteiger partial charge in [0.25, 0.3) is 0 Å². The molecule has 1 aliphatic carbocycles. The summed E-state index contributed by atoms with van der Waals surface area (Å²) in [7, 11) is 0. The highest BCUT2D eigenvalue weighted by atomic mass is 14.4. The van der Waals surface area contributed by atoms with Crippen LogP contribution in [0.15, 0.2) is 66.2 Å². The van der Waals surface area contributed by atoms with Gasteiger partial charge in [-0.05, 0) is 41.5 Å². The highest BCUT2D eigenvalue weighted by molar-refractivity contribution is 6.15. The minimum Gasteiger partial charge on any atom is -0.300 e. The summed E-state index contributed by atoms with van der Waals surface area (Å²) < 4.78 is 0. The molecule has 2 aromatic rings. The Morgan fingerprint density at radius 3 is 2.11 bits per heavy atom. The summed E-state index contributed by atoms with van der Waals surface area (Å²) in [6, 6.07) is 20.5. The second-order valence-corrected chi connectivity index (χ2v) is 4.92. The Morgan fingerprint density at radius 2 is 1.42 bits per heavy atom. The summed E-state index contributed by atoms with van der Waals surface area (Å²) in [6.07, 6.45) is 3.28. The molecular formula is C18H17N. The lowest BCUT2D eigenvalue weighted by molar-refractivity contribution is 0.924. The molecule has 0 spiro atoms. The molecular weight excluding hydrogens is 230 g/mol. The van der Waals surface area contributed by atoms with Crippen LogP contribution in [0, 0.1) is 5.41 Å². The summed E-state index contributed by atoms with van der Waals surface area (Å²) in [5.74, 6) is 0. The third-order valence-electron chi connectivity index (χ3n) is 3.70. The van der Waals surface area contributed by atoms with Gasteiger partial charge in [0.2, 0.25) is 0 Å². The molecule has 0 saturated heterocycles. The first-order valence-corrected chi connectivity index (χ1v) is 6.78. The van der Waals surface area contributed by atoms with Crippen molar-refractivity contribution in [3.63, 3.8) is 0 Å². The molecule has 94 valence electrons. The number of hydrogen-bond donors (Lipinski definition) is 1. The van der Waals surface area contributed by atoms with E-state index in [1.807, 2.05) is 36.4 Å². The molecule has 0 amide bonds. The summed E-state index contributed by atoms with van der Waals surface area (Å²) in [6.45, 7) is 0. The summed E-state index contributed by atoms with van der Waals surface area (Å²) in [5.41, 5.74) is 5.56. The molecule has 0 bridgehead atoms. The summed E-state index contributed by atoms with van der Waals surface area (Å²) >= 11 is 0. The highest BCUT2D eigenvalue weighted by Gasteiger charge is 2.20. The number of nitrogens with one attached hydrogen (secondary N) is 1. The predicted molar refractivity (Wildman–Crippen MR) is 80.5 cm³/mol. The zero-order valence-corrected chi connectivity index (χ0v) is 10.9. The SMILES string of the molecule is N=C(C1=C(c2ccccc2)CCC1)c1ccccc1. The Morgan fingerprint density at radius 1 is 0.789 bits per heavy atom. The van der Waals surface area contributed by atoms with Crippen LogP contribution in [0.2, 0.25) is 0 Å². The Kier molecular flexibility index (Phi) is 3.28. The largest absolute Gasteiger partial charge is 0.300 e. The van der Waals surface area contributed by atoms with Gasteiger partial charge in [-0.15, -0.1) is 0 Å². The average molecular weight is 247 g/mol. The Labute approximate surface area is 114 Å². The van der Waals surface area contributed by atoms with Crippen LogP contribution < -0.4 is 0 Å². The topological polar surface area (TPSA) is 23.9 Å². The van der Waals surface area contributed by atoms with Gasteiger partial charge in [0, 0.05) is 0 Å². The van der Waals surface area contributed by atoms with E-state index in [1.54, 1.807) is 0 Å². The van der Waals surface area contributed by atoms with Gasteiger partial charge in [0.05, 0.1) is 5.71 Å². The van der Waals surface area contributed by atoms with Gasteiger partial charge in [0.15, 0.2) is 0 Å². The minimum absolute atomic E-state index is 0.692. The van der Waals surface area contributed by atoms with Crippen LogP contribution in [0.25, 0.3) is 5.57 Å². The van der Waals surface area contributed by atoms with E-state index in [-0.39, 0.29) is 0 Å². The minimum atomic E-state index is 0.692. The fraction of sp³-hybridized carbons (Fsp3) is 0.167. The fourth-order valence-corrected chi connectivity index (χ4v) is 2.76. The normalized spacial score (nSPS) is 14.7. The molecule has 1 nitrogen and oxygen atoms in total. The van der Waals surface area contributed by atoms with Gasteiger partial charge >= 0.3 is 0 Å². The van der Waals surface area contributed by atoms with Crippen molar-refractivity contribution in [1.29, 1.82) is 5.41 Å². The third-order valence-corrected chi connectivity index (χ3v) is 3.70. The Balaban J connectivity index is 2.01. The molecule has 0 radical (unpaired) electrons. The first kappa shape index (κ1) is 11.9. The van der Waals surface area contributed by atoms with Crippen molar-refractivity contribution in [3.8, 4) is 0 Å². The van der Waals surface area contributed by atoms with Gasteiger partial charge < -0.3 is 0 Å². The van der Waals surface area contributed by atoms with E-state index in [2.05, 4.69) is 24.3 Å². The maximum Gasteiger partial charge on any atom is 0.0647 e. The molecule has 3 rings (SSSR count). The van der Waals surface area contributed by atoms with Crippen LogP contribution in [-0.2, 0) is 0 Å². The van der Waals surface area contributed by atoms with Crippen LogP contribution in [0.3, 0.4) is 0 Å². The molecule has 0 unspecified atom stereocenters. The molecule has 0 heterocycles. The standard InChI is InChI=1S/C18H17N/c19-18(15-10-5-2-6-11-15)17-13-7-12-16(17)14-8-3-1-4-9-14/h1-6,8-11,19H,7,12-13H2. The van der Waals surface area contributed by atoms with Crippen molar-refractivity contribution in [3.05, 3.63) is 77.4 Å². The second-order valence-electron chi connectivity index (χ2n) is 4.92. The molecule has 1 heteroatoms. The first-order valence-electron chi connectivity index (χ1n) is 6.78. The van der Waals surface area contributed by atoms with Crippen molar-refractivity contribution in [2.45, 2.75) is 19.3 Å². The number of benzene rings is 2. The Hall–Kier alpha value is -2.15. The van der Waals surface area contributed by atoms with E-state index in [9.17, 15) is 0 Å². The van der Waals surface area contributed by atoms with E-state index >= 15 is 0 Å². The maximum absolute atomic E-state index is 8.45. The fourth-order valence-electron chi connectivity index (χ4n) is 2.76. The van der Waals surface area contributed by atoms with Crippen LogP contribution in [0.4, 0.5) is 0 Å². The molecule has 0 fully saturated rings. The smallest absolute Gasteiger partial charge is 0.0647 e. The lowest BCUT2D eigenvalue weighted by atomic mass is 9.96. The van der Waals surface area contributed by atoms with E-state index in [0.29, 0.717) is 5.71 Å². The van der Waals surface area contributed by atoms with E-state index in [4.69, 9.17) is 5.41 Å². The first-order chi connectivity index (χ1) is 9.36. The predicted octanol–water partition coefficient (Wildman–Crippen LogP) is 4.69. The lowest BCUT2D eigenvalue weighted by Gasteiger charge is -2.09. The molecule has 0 saturated carbocycles. The van der Waals surface area contributed by atoms with Crippen molar-refractivity contribution in [2.24, 2.45) is 0 Å². The van der Waals surface area contributed by atoms with Gasteiger partial charge in [-0.1, -0.05) is 60.7 Å². The molecule has 2 aromatic carbocycles. The number of rotatable bonds is 3. The van der Waals surface area contributed by atoms with Gasteiger partial charge in [-0.25, -0.2) is 0 Å². The van der Waals surface area contributed by atoms with E-state index in [0.717, 1.165) is 24.8 Å². The van der Waals surface area contributed by atoms with Crippen molar-refractivity contribution in [1.82, 2.24) is 0 Å². The highest BCUT2D eigenvalue weighted by Crippen LogP contribution is 2.35. The number of allylic oxidation sites excluding steroid dienone is 2. The lowest BCUT2D eigenvalue weighted by Crippen LogP contribution is -2.03. The van der Waals surface area contributed by atoms with Crippen molar-refractivity contribution < 1.29 is 0 Å². The van der Waals surface area contributed by atoms with Gasteiger partial charge in [0.1, 0.15) is 0 Å². The van der Waals surface area contributed by atoms with E-state index in [1.165, 1.54) is 16.7 Å². The monoisotopic (exact) mass is 247 g/mol. The Bertz CT molecular complexity index is 609. The molecule has 19 heavy (non-hydrogen) atoms. The molecule has 1 N–H and O–H groups in total. The van der Waals surface area contributed by atoms with E-state index < -0.39 is 0 Å². The van der Waals surface area contributed by atoms with Gasteiger partial charge in [-0.3, -0.25) is 5.41 Å². The molecule has 0 atom stereocenters. The second kappa shape index (κ2) is 5.23. The van der Waals surface area contributed by atoms with Crippen molar-refractivity contribution in [2.75, 3.05) is 0 Å². The summed E-state index contributed by atoms with van der Waals surface area (Å²) in [5, 5.41) is 8.45. The van der Waals surface area contributed by atoms with Crippen LogP contribution in [0.1, 0.15) is 30.4 Å². The van der Waals surface area contributed by atoms with Crippen LogP contribution in [0.5, 0.6) is 0 Å². The van der Waals surface area contributed by atoms with Crippen molar-refractivity contribution >= 4 is 11.3 Å². The zero-order chi connectivity index (χ0) is 13.1. The molecule has 0 aromatic heterocycles. The molecule has 1 aliphatic rings. The third kappa shape index (κ3) is 2.37. The number of hydrogen-bond acceptors (Lipinski definition) is 1. The summed E-state index contributed by atoms with van der Waals surface area (Å²) in [4.78, 5) is 0. The zero-order valence-electron chi connectivity index (χ0n) is 10.9. The van der Waals surface area contributed by atoms with Gasteiger partial charge in [-0.2, -0.15) is 0 Å².